The lowest BCUT2D eigenvalue weighted by Gasteiger charge is -2.29. The quantitative estimate of drug-likeness (QED) is 0.422. The predicted molar refractivity (Wildman–Crippen MR) is 101 cm³/mol. The van der Waals surface area contributed by atoms with E-state index in [0.29, 0.717) is 12.5 Å². The van der Waals surface area contributed by atoms with Gasteiger partial charge in [0.25, 0.3) is 0 Å². The van der Waals surface area contributed by atoms with Crippen LogP contribution in [0.15, 0.2) is 33.7 Å². The zero-order chi connectivity index (χ0) is 14.6. The van der Waals surface area contributed by atoms with Gasteiger partial charge in [0.2, 0.25) is 0 Å². The normalized spacial score (nSPS) is 16.5. The van der Waals surface area contributed by atoms with Gasteiger partial charge in [-0.2, -0.15) is 0 Å². The minimum atomic E-state index is -0.0410. The number of ether oxygens (including phenoxy) is 1. The molecule has 1 aromatic carbocycles. The molecule has 6 heteroatoms. The van der Waals surface area contributed by atoms with Gasteiger partial charge >= 0.3 is 0 Å². The summed E-state index contributed by atoms with van der Waals surface area (Å²) >= 11 is 3.51. The molecule has 0 atom stereocenters. The van der Waals surface area contributed by atoms with E-state index in [1.165, 1.54) is 5.56 Å². The van der Waals surface area contributed by atoms with Crippen molar-refractivity contribution in [2.75, 3.05) is 32.8 Å². The summed E-state index contributed by atoms with van der Waals surface area (Å²) in [6, 6.07) is 8.35. The number of benzene rings is 1. The number of halogens is 2. The Bertz CT molecular complexity index is 488. The van der Waals surface area contributed by atoms with Gasteiger partial charge in [-0.15, -0.1) is 24.0 Å². The van der Waals surface area contributed by atoms with E-state index in [4.69, 9.17) is 10.5 Å². The van der Waals surface area contributed by atoms with Gasteiger partial charge in [-0.25, -0.2) is 0 Å². The van der Waals surface area contributed by atoms with Gasteiger partial charge in [0.05, 0.1) is 19.8 Å². The van der Waals surface area contributed by atoms with E-state index in [1.807, 2.05) is 6.07 Å². The van der Waals surface area contributed by atoms with Crippen LogP contribution in [0, 0.1) is 0 Å². The van der Waals surface area contributed by atoms with Crippen LogP contribution in [-0.2, 0) is 10.2 Å². The minimum absolute atomic E-state index is 0. The largest absolute Gasteiger partial charge is 0.378 e. The van der Waals surface area contributed by atoms with Crippen LogP contribution >= 0.6 is 39.9 Å². The zero-order valence-corrected chi connectivity index (χ0v) is 16.4. The van der Waals surface area contributed by atoms with Gasteiger partial charge in [-0.05, 0) is 17.7 Å². The molecule has 0 aromatic heterocycles. The molecule has 1 saturated heterocycles. The zero-order valence-electron chi connectivity index (χ0n) is 12.5. The van der Waals surface area contributed by atoms with Crippen LogP contribution in [0.4, 0.5) is 0 Å². The Hall–Kier alpha value is -0.340. The molecule has 0 bridgehead atoms. The molecule has 1 aliphatic heterocycles. The maximum absolute atomic E-state index is 6.07. The lowest BCUT2D eigenvalue weighted by Crippen LogP contribution is -2.45. The first kappa shape index (κ1) is 18.7. The van der Waals surface area contributed by atoms with E-state index in [9.17, 15) is 0 Å². The van der Waals surface area contributed by atoms with Gasteiger partial charge in [0, 0.05) is 23.0 Å². The third-order valence-electron chi connectivity index (χ3n) is 3.58. The van der Waals surface area contributed by atoms with Crippen molar-refractivity contribution >= 4 is 45.9 Å². The van der Waals surface area contributed by atoms with E-state index < -0.39 is 0 Å². The topological polar surface area (TPSA) is 50.8 Å². The highest BCUT2D eigenvalue weighted by atomic mass is 127. The molecule has 1 aliphatic rings. The Morgan fingerprint density at radius 2 is 2.05 bits per heavy atom. The summed E-state index contributed by atoms with van der Waals surface area (Å²) in [5.74, 6) is 0.622. The van der Waals surface area contributed by atoms with Crippen LogP contribution in [0.25, 0.3) is 0 Å². The second kappa shape index (κ2) is 8.33. The van der Waals surface area contributed by atoms with Crippen LogP contribution < -0.4 is 5.73 Å². The molecule has 4 nitrogen and oxygen atoms in total. The summed E-state index contributed by atoms with van der Waals surface area (Å²) in [6.07, 6.45) is 0. The molecule has 1 heterocycles. The maximum atomic E-state index is 6.07. The van der Waals surface area contributed by atoms with Crippen molar-refractivity contribution in [2.45, 2.75) is 19.3 Å². The van der Waals surface area contributed by atoms with Crippen molar-refractivity contribution in [3.63, 3.8) is 0 Å². The lowest BCUT2D eigenvalue weighted by molar-refractivity contribution is 0.0674. The standard InChI is InChI=1S/C15H22BrN3O.HI/c1-15(2,12-4-3-5-13(16)10-12)11-18-14(17)19-6-8-20-9-7-19;/h3-5,10H,6-9,11H2,1-2H3,(H2,17,18);1H. The Labute approximate surface area is 152 Å². The molecule has 2 N–H and O–H groups in total. The average molecular weight is 468 g/mol. The molecule has 2 rings (SSSR count). The lowest BCUT2D eigenvalue weighted by atomic mass is 9.85. The fourth-order valence-corrected chi connectivity index (χ4v) is 2.57. The first-order valence-electron chi connectivity index (χ1n) is 6.88. The number of morpholine rings is 1. The van der Waals surface area contributed by atoms with Crippen LogP contribution in [-0.4, -0.2) is 43.7 Å². The number of guanidine groups is 1. The summed E-state index contributed by atoms with van der Waals surface area (Å²) in [4.78, 5) is 6.66. The van der Waals surface area contributed by atoms with Crippen molar-refractivity contribution in [1.82, 2.24) is 4.90 Å². The predicted octanol–water partition coefficient (Wildman–Crippen LogP) is 2.99. The van der Waals surface area contributed by atoms with Crippen molar-refractivity contribution in [1.29, 1.82) is 0 Å². The molecule has 0 aliphatic carbocycles. The number of aliphatic imine (C=N–C) groups is 1. The fourth-order valence-electron chi connectivity index (χ4n) is 2.17. The first-order valence-corrected chi connectivity index (χ1v) is 7.67. The molecule has 0 saturated carbocycles. The van der Waals surface area contributed by atoms with Gasteiger partial charge in [-0.3, -0.25) is 4.99 Å². The Morgan fingerprint density at radius 3 is 2.67 bits per heavy atom. The first-order chi connectivity index (χ1) is 9.49. The Kier molecular flexibility index (Phi) is 7.42. The highest BCUT2D eigenvalue weighted by Crippen LogP contribution is 2.26. The number of hydrogen-bond donors (Lipinski definition) is 1. The van der Waals surface area contributed by atoms with Gasteiger partial charge in [0.15, 0.2) is 5.96 Å². The van der Waals surface area contributed by atoms with Gasteiger partial charge < -0.3 is 15.4 Å². The fraction of sp³-hybridized carbons (Fsp3) is 0.533. The molecule has 0 spiro atoms. The highest BCUT2D eigenvalue weighted by Gasteiger charge is 2.21. The summed E-state index contributed by atoms with van der Waals surface area (Å²) in [7, 11) is 0. The Morgan fingerprint density at radius 1 is 1.38 bits per heavy atom. The van der Waals surface area contributed by atoms with Gasteiger partial charge in [0.1, 0.15) is 0 Å². The molecule has 0 unspecified atom stereocenters. The molecular formula is C15H23BrIN3O. The van der Waals surface area contributed by atoms with Crippen molar-refractivity contribution in [2.24, 2.45) is 10.7 Å². The van der Waals surface area contributed by atoms with E-state index in [-0.39, 0.29) is 29.4 Å². The molecule has 1 fully saturated rings. The molecule has 1 aromatic rings. The van der Waals surface area contributed by atoms with Crippen LogP contribution in [0.2, 0.25) is 0 Å². The summed E-state index contributed by atoms with van der Waals surface area (Å²) in [6.45, 7) is 8.15. The molecule has 0 amide bonds. The second-order valence-electron chi connectivity index (χ2n) is 5.67. The van der Waals surface area contributed by atoms with Gasteiger partial charge in [-0.1, -0.05) is 41.9 Å². The Balaban J connectivity index is 0.00000220. The summed E-state index contributed by atoms with van der Waals surface area (Å²) < 4.78 is 6.41. The van der Waals surface area contributed by atoms with E-state index in [0.717, 1.165) is 30.8 Å². The number of hydrogen-bond acceptors (Lipinski definition) is 2. The van der Waals surface area contributed by atoms with Crippen molar-refractivity contribution < 1.29 is 4.74 Å². The number of nitrogens with zero attached hydrogens (tertiary/aromatic N) is 2. The molecule has 118 valence electrons. The number of rotatable bonds is 3. The highest BCUT2D eigenvalue weighted by molar-refractivity contribution is 14.0. The van der Waals surface area contributed by atoms with Crippen LogP contribution in [0.1, 0.15) is 19.4 Å². The SMILES string of the molecule is CC(C)(CN=C(N)N1CCOCC1)c1cccc(Br)c1.I. The third kappa shape index (κ3) is 5.41. The minimum Gasteiger partial charge on any atom is -0.378 e. The number of nitrogens with two attached hydrogens (primary N) is 1. The van der Waals surface area contributed by atoms with Crippen molar-refractivity contribution in [3.8, 4) is 0 Å². The van der Waals surface area contributed by atoms with Crippen LogP contribution in [0.5, 0.6) is 0 Å². The molecular weight excluding hydrogens is 445 g/mol. The van der Waals surface area contributed by atoms with E-state index >= 15 is 0 Å². The summed E-state index contributed by atoms with van der Waals surface area (Å²) in [5.41, 5.74) is 7.29. The van der Waals surface area contributed by atoms with Crippen molar-refractivity contribution in [3.05, 3.63) is 34.3 Å². The summed E-state index contributed by atoms with van der Waals surface area (Å²) in [5, 5.41) is 0. The third-order valence-corrected chi connectivity index (χ3v) is 4.07. The smallest absolute Gasteiger partial charge is 0.191 e. The average Bonchev–Trinajstić information content (AvgIpc) is 2.46. The second-order valence-corrected chi connectivity index (χ2v) is 6.58. The molecule has 0 radical (unpaired) electrons. The molecule has 21 heavy (non-hydrogen) atoms. The maximum Gasteiger partial charge on any atom is 0.191 e. The van der Waals surface area contributed by atoms with E-state index in [2.05, 4.69) is 57.9 Å². The van der Waals surface area contributed by atoms with E-state index in [1.54, 1.807) is 0 Å². The monoisotopic (exact) mass is 467 g/mol. The van der Waals surface area contributed by atoms with Crippen LogP contribution in [0.3, 0.4) is 0 Å².